The van der Waals surface area contributed by atoms with E-state index in [1.54, 1.807) is 0 Å². The topological polar surface area (TPSA) is 37.3 Å². The van der Waals surface area contributed by atoms with Crippen molar-refractivity contribution in [2.45, 2.75) is 33.1 Å². The second-order valence-electron chi connectivity index (χ2n) is 5.68. The Bertz CT molecular complexity index is 367. The van der Waals surface area contributed by atoms with E-state index in [1.165, 1.54) is 5.57 Å². The average Bonchev–Trinajstić information content (AvgIpc) is 2.31. The first kappa shape index (κ1) is 12.6. The summed E-state index contributed by atoms with van der Waals surface area (Å²) in [4.78, 5) is 11.8. The van der Waals surface area contributed by atoms with E-state index in [2.05, 4.69) is 19.6 Å². The molecule has 0 radical (unpaired) electrons. The minimum absolute atomic E-state index is 0.237. The molecule has 1 saturated carbocycles. The van der Waals surface area contributed by atoms with Crippen molar-refractivity contribution in [2.75, 3.05) is 6.61 Å². The van der Waals surface area contributed by atoms with Crippen LogP contribution in [0.25, 0.3) is 0 Å². The number of hydrogen-bond acceptors (Lipinski definition) is 2. The van der Waals surface area contributed by atoms with Gasteiger partial charge < -0.3 is 5.11 Å². The van der Waals surface area contributed by atoms with E-state index >= 15 is 0 Å². The molecule has 17 heavy (non-hydrogen) atoms. The Morgan fingerprint density at radius 2 is 2.29 bits per heavy atom. The van der Waals surface area contributed by atoms with Crippen LogP contribution in [-0.2, 0) is 4.79 Å². The summed E-state index contributed by atoms with van der Waals surface area (Å²) in [5.41, 5.74) is 2.13. The van der Waals surface area contributed by atoms with Crippen LogP contribution >= 0.6 is 0 Å². The second kappa shape index (κ2) is 4.77. The molecule has 0 aliphatic heterocycles. The number of aliphatic hydroxyl groups is 1. The first-order valence-electron chi connectivity index (χ1n) is 6.54. The van der Waals surface area contributed by atoms with E-state index in [9.17, 15) is 9.90 Å². The lowest BCUT2D eigenvalue weighted by atomic mass is 9.62. The van der Waals surface area contributed by atoms with Gasteiger partial charge in [0.15, 0.2) is 5.78 Å². The van der Waals surface area contributed by atoms with Crippen LogP contribution in [0, 0.1) is 23.7 Å². The Hall–Kier alpha value is -0.890. The smallest absolute Gasteiger partial charge is 0.158 e. The van der Waals surface area contributed by atoms with Crippen LogP contribution in [0.3, 0.4) is 0 Å². The molecule has 2 rings (SSSR count). The molecule has 0 amide bonds. The van der Waals surface area contributed by atoms with Gasteiger partial charge in [0.05, 0.1) is 0 Å². The molecule has 0 aromatic carbocycles. The van der Waals surface area contributed by atoms with Gasteiger partial charge in [-0.05, 0) is 49.0 Å². The first-order valence-corrected chi connectivity index (χ1v) is 6.54. The summed E-state index contributed by atoms with van der Waals surface area (Å²) in [6, 6.07) is 0. The van der Waals surface area contributed by atoms with Gasteiger partial charge in [-0.25, -0.2) is 0 Å². The molecule has 2 aliphatic rings. The van der Waals surface area contributed by atoms with E-state index in [0.29, 0.717) is 30.1 Å². The minimum atomic E-state index is 0.237. The Labute approximate surface area is 103 Å². The standard InChI is InChI=1S/C15H22O2/c1-9-4-5-12(11(3)8-16)14-6-10(2)15(17)7-13(9)14/h6,11-14,16H,1,4-5,7-8H2,2-3H3/t11-,12+,13+,14+/m1/s1. The second-order valence-corrected chi connectivity index (χ2v) is 5.68. The van der Waals surface area contributed by atoms with Crippen molar-refractivity contribution in [3.8, 4) is 0 Å². The number of aliphatic hydroxyl groups excluding tert-OH is 1. The van der Waals surface area contributed by atoms with Crippen LogP contribution in [0.5, 0.6) is 0 Å². The molecule has 2 nitrogen and oxygen atoms in total. The molecule has 1 N–H and O–H groups in total. The van der Waals surface area contributed by atoms with Crippen LogP contribution in [0.1, 0.15) is 33.1 Å². The summed E-state index contributed by atoms with van der Waals surface area (Å²) in [5, 5.41) is 9.35. The molecule has 0 spiro atoms. The van der Waals surface area contributed by atoms with Crippen molar-refractivity contribution in [1.29, 1.82) is 0 Å². The summed E-state index contributed by atoms with van der Waals surface area (Å²) in [6.45, 7) is 8.39. The highest BCUT2D eigenvalue weighted by molar-refractivity contribution is 5.96. The van der Waals surface area contributed by atoms with Gasteiger partial charge in [0.2, 0.25) is 0 Å². The van der Waals surface area contributed by atoms with Crippen LogP contribution in [0.2, 0.25) is 0 Å². The van der Waals surface area contributed by atoms with Gasteiger partial charge in [0, 0.05) is 13.0 Å². The molecular formula is C15H22O2. The fourth-order valence-electron chi connectivity index (χ4n) is 3.36. The number of carbonyl (C=O) groups excluding carboxylic acids is 1. The number of hydrogen-bond donors (Lipinski definition) is 1. The molecule has 94 valence electrons. The monoisotopic (exact) mass is 234 g/mol. The lowest BCUT2D eigenvalue weighted by molar-refractivity contribution is -0.117. The SMILES string of the molecule is C=C1CC[C@@H]([C@H](C)CO)[C@@H]2C=C(C)C(=O)C[C@@H]12. The van der Waals surface area contributed by atoms with Crippen molar-refractivity contribution >= 4 is 5.78 Å². The molecule has 0 aromatic heterocycles. The number of allylic oxidation sites excluding steroid dienone is 3. The Kier molecular flexibility index (Phi) is 3.53. The third-order valence-electron chi connectivity index (χ3n) is 4.59. The molecule has 4 atom stereocenters. The molecule has 2 aliphatic carbocycles. The van der Waals surface area contributed by atoms with Crippen molar-refractivity contribution in [3.63, 3.8) is 0 Å². The van der Waals surface area contributed by atoms with Gasteiger partial charge in [0.1, 0.15) is 0 Å². The van der Waals surface area contributed by atoms with E-state index < -0.39 is 0 Å². The number of fused-ring (bicyclic) bond motifs is 1. The van der Waals surface area contributed by atoms with Crippen LogP contribution in [0.15, 0.2) is 23.8 Å². The lowest BCUT2D eigenvalue weighted by Crippen LogP contribution is -2.37. The fourth-order valence-corrected chi connectivity index (χ4v) is 3.36. The largest absolute Gasteiger partial charge is 0.396 e. The van der Waals surface area contributed by atoms with Crippen LogP contribution in [0.4, 0.5) is 0 Å². The van der Waals surface area contributed by atoms with Crippen LogP contribution < -0.4 is 0 Å². The summed E-state index contributed by atoms with van der Waals surface area (Å²) in [5.74, 6) is 1.81. The van der Waals surface area contributed by atoms with Crippen molar-refractivity contribution in [1.82, 2.24) is 0 Å². The maximum absolute atomic E-state index is 11.8. The maximum Gasteiger partial charge on any atom is 0.158 e. The van der Waals surface area contributed by atoms with E-state index in [1.807, 2.05) is 6.92 Å². The van der Waals surface area contributed by atoms with Crippen molar-refractivity contribution < 1.29 is 9.90 Å². The molecular weight excluding hydrogens is 212 g/mol. The third kappa shape index (κ3) is 2.23. The fraction of sp³-hybridized carbons (Fsp3) is 0.667. The molecule has 0 saturated heterocycles. The zero-order chi connectivity index (χ0) is 12.6. The maximum atomic E-state index is 11.8. The molecule has 1 fully saturated rings. The molecule has 0 heterocycles. The summed E-state index contributed by atoms with van der Waals surface area (Å²) in [7, 11) is 0. The normalized spacial score (nSPS) is 35.2. The quantitative estimate of drug-likeness (QED) is 0.746. The zero-order valence-electron chi connectivity index (χ0n) is 10.8. The number of Topliss-reactive ketones (excluding diaryl/α,β-unsaturated/α-hetero) is 1. The number of rotatable bonds is 2. The predicted molar refractivity (Wildman–Crippen MR) is 68.5 cm³/mol. The van der Waals surface area contributed by atoms with Crippen molar-refractivity contribution in [3.05, 3.63) is 23.8 Å². The minimum Gasteiger partial charge on any atom is -0.396 e. The summed E-state index contributed by atoms with van der Waals surface area (Å²) >= 11 is 0. The van der Waals surface area contributed by atoms with E-state index in [-0.39, 0.29) is 12.4 Å². The van der Waals surface area contributed by atoms with Gasteiger partial charge in [0.25, 0.3) is 0 Å². The molecule has 0 unspecified atom stereocenters. The Morgan fingerprint density at radius 3 is 2.94 bits per heavy atom. The first-order chi connectivity index (χ1) is 8.04. The van der Waals surface area contributed by atoms with Gasteiger partial charge in [-0.3, -0.25) is 4.79 Å². The van der Waals surface area contributed by atoms with Crippen LogP contribution in [-0.4, -0.2) is 17.5 Å². The summed E-state index contributed by atoms with van der Waals surface area (Å²) in [6.07, 6.45) is 4.87. The Morgan fingerprint density at radius 1 is 1.59 bits per heavy atom. The summed E-state index contributed by atoms with van der Waals surface area (Å²) < 4.78 is 0. The average molecular weight is 234 g/mol. The van der Waals surface area contributed by atoms with Gasteiger partial charge in [-0.1, -0.05) is 25.2 Å². The number of ketones is 1. The molecule has 0 aromatic rings. The van der Waals surface area contributed by atoms with Crippen molar-refractivity contribution in [2.24, 2.45) is 23.7 Å². The molecule has 0 bridgehead atoms. The molecule has 2 heteroatoms. The number of carbonyl (C=O) groups is 1. The highest BCUT2D eigenvalue weighted by Crippen LogP contribution is 2.46. The van der Waals surface area contributed by atoms with Gasteiger partial charge >= 0.3 is 0 Å². The predicted octanol–water partition coefficient (Wildman–Crippen LogP) is 2.73. The van der Waals surface area contributed by atoms with E-state index in [0.717, 1.165) is 18.4 Å². The zero-order valence-corrected chi connectivity index (χ0v) is 10.8. The van der Waals surface area contributed by atoms with Gasteiger partial charge in [-0.2, -0.15) is 0 Å². The third-order valence-corrected chi connectivity index (χ3v) is 4.59. The van der Waals surface area contributed by atoms with Gasteiger partial charge in [-0.15, -0.1) is 0 Å². The Balaban J connectivity index is 2.29. The highest BCUT2D eigenvalue weighted by atomic mass is 16.3. The lowest BCUT2D eigenvalue weighted by Gasteiger charge is -2.42. The highest BCUT2D eigenvalue weighted by Gasteiger charge is 2.39. The van der Waals surface area contributed by atoms with E-state index in [4.69, 9.17) is 0 Å².